The molecule has 1 aliphatic rings. The minimum atomic E-state index is -0.368. The molecule has 2 heterocycles. The minimum Gasteiger partial charge on any atom is -0.464 e. The molecule has 0 radical (unpaired) electrons. The van der Waals surface area contributed by atoms with Crippen molar-refractivity contribution in [3.8, 4) is 10.6 Å². The topological polar surface area (TPSA) is 42.4 Å². The van der Waals surface area contributed by atoms with Gasteiger partial charge in [0, 0.05) is 29.7 Å². The molecule has 21 heavy (non-hydrogen) atoms. The average molecular weight is 302 g/mol. The number of benzene rings is 1. The minimum absolute atomic E-state index is 0.368. The quantitative estimate of drug-likeness (QED) is 0.798. The van der Waals surface area contributed by atoms with E-state index in [1.54, 1.807) is 0 Å². The second kappa shape index (κ2) is 5.48. The van der Waals surface area contributed by atoms with Crippen LogP contribution in [0.15, 0.2) is 18.2 Å². The van der Waals surface area contributed by atoms with Crippen molar-refractivity contribution in [2.24, 2.45) is 0 Å². The number of esters is 1. The van der Waals surface area contributed by atoms with Crippen molar-refractivity contribution in [1.82, 2.24) is 4.98 Å². The molecule has 110 valence electrons. The molecule has 0 aliphatic carbocycles. The number of nitrogens with zero attached hydrogens (tertiary/aromatic N) is 2. The smallest absolute Gasteiger partial charge is 0.357 e. The Balaban J connectivity index is 2.00. The number of hydrogen-bond donors (Lipinski definition) is 0. The average Bonchev–Trinajstić information content (AvgIpc) is 2.88. The van der Waals surface area contributed by atoms with Crippen LogP contribution in [0.1, 0.15) is 27.3 Å². The Morgan fingerprint density at radius 1 is 1.43 bits per heavy atom. The van der Waals surface area contributed by atoms with Crippen molar-refractivity contribution in [2.45, 2.75) is 19.8 Å². The first kappa shape index (κ1) is 14.1. The Morgan fingerprint density at radius 2 is 2.24 bits per heavy atom. The Hall–Kier alpha value is -1.88. The number of methoxy groups -OCH3 is 1. The van der Waals surface area contributed by atoms with Gasteiger partial charge in [-0.1, -0.05) is 0 Å². The van der Waals surface area contributed by atoms with E-state index in [2.05, 4.69) is 35.1 Å². The van der Waals surface area contributed by atoms with Crippen LogP contribution >= 0.6 is 11.3 Å². The number of carbonyl (C=O) groups is 1. The number of anilines is 1. The van der Waals surface area contributed by atoms with Crippen LogP contribution in [0, 0.1) is 6.92 Å². The summed E-state index contributed by atoms with van der Waals surface area (Å²) < 4.78 is 4.77. The maximum absolute atomic E-state index is 11.7. The van der Waals surface area contributed by atoms with Crippen molar-refractivity contribution in [3.05, 3.63) is 34.3 Å². The highest BCUT2D eigenvalue weighted by atomic mass is 32.1. The van der Waals surface area contributed by atoms with Crippen LogP contribution in [0.5, 0.6) is 0 Å². The lowest BCUT2D eigenvalue weighted by Crippen LogP contribution is -2.24. The first-order chi connectivity index (χ1) is 10.1. The predicted molar refractivity (Wildman–Crippen MR) is 85.2 cm³/mol. The Kier molecular flexibility index (Phi) is 3.68. The lowest BCUT2D eigenvalue weighted by atomic mass is 10.00. The number of fused-ring (bicyclic) bond motifs is 1. The molecule has 0 atom stereocenters. The molecule has 0 bridgehead atoms. The monoisotopic (exact) mass is 302 g/mol. The number of aromatic nitrogens is 1. The third-order valence-corrected chi connectivity index (χ3v) is 4.87. The number of carbonyl (C=O) groups excluding carboxylic acids is 1. The molecule has 1 aliphatic heterocycles. The molecule has 5 heteroatoms. The fourth-order valence-corrected chi connectivity index (χ4v) is 3.62. The van der Waals surface area contributed by atoms with Gasteiger partial charge in [0.15, 0.2) is 5.69 Å². The highest BCUT2D eigenvalue weighted by molar-refractivity contribution is 7.15. The molecule has 0 unspecified atom stereocenters. The highest BCUT2D eigenvalue weighted by Crippen LogP contribution is 2.33. The highest BCUT2D eigenvalue weighted by Gasteiger charge is 2.19. The number of hydrogen-bond acceptors (Lipinski definition) is 5. The Morgan fingerprint density at radius 3 is 3.00 bits per heavy atom. The molecule has 0 amide bonds. The summed E-state index contributed by atoms with van der Waals surface area (Å²) in [4.78, 5) is 19.3. The SMILES string of the molecule is COC(=O)c1nc(-c2ccc3c(c2)CCCN3C)sc1C. The van der Waals surface area contributed by atoms with Gasteiger partial charge in [-0.05, 0) is 43.5 Å². The van der Waals surface area contributed by atoms with Crippen molar-refractivity contribution < 1.29 is 9.53 Å². The van der Waals surface area contributed by atoms with Crippen molar-refractivity contribution in [3.63, 3.8) is 0 Å². The van der Waals surface area contributed by atoms with E-state index in [4.69, 9.17) is 4.74 Å². The van der Waals surface area contributed by atoms with E-state index in [1.165, 1.54) is 36.1 Å². The van der Waals surface area contributed by atoms with E-state index in [-0.39, 0.29) is 5.97 Å². The van der Waals surface area contributed by atoms with Gasteiger partial charge in [0.25, 0.3) is 0 Å². The zero-order valence-electron chi connectivity index (χ0n) is 12.5. The number of thiazole rings is 1. The number of ether oxygens (including phenoxy) is 1. The van der Waals surface area contributed by atoms with Gasteiger partial charge in [-0.15, -0.1) is 11.3 Å². The predicted octanol–water partition coefficient (Wildman–Crippen LogP) is 3.29. The molecule has 0 saturated heterocycles. The molecule has 0 fully saturated rings. The largest absolute Gasteiger partial charge is 0.464 e. The maximum Gasteiger partial charge on any atom is 0.357 e. The van der Waals surface area contributed by atoms with Gasteiger partial charge in [0.05, 0.1) is 7.11 Å². The van der Waals surface area contributed by atoms with E-state index < -0.39 is 0 Å². The molecule has 2 aromatic rings. The second-order valence-corrected chi connectivity index (χ2v) is 6.49. The zero-order valence-corrected chi connectivity index (χ0v) is 13.3. The maximum atomic E-state index is 11.7. The Bertz CT molecular complexity index is 694. The summed E-state index contributed by atoms with van der Waals surface area (Å²) >= 11 is 1.54. The molecule has 0 saturated carbocycles. The molecule has 3 rings (SSSR count). The normalized spacial score (nSPS) is 14.0. The van der Waals surface area contributed by atoms with Crippen LogP contribution in [0.4, 0.5) is 5.69 Å². The molecular formula is C16H18N2O2S. The van der Waals surface area contributed by atoms with Crippen LogP contribution in [-0.2, 0) is 11.2 Å². The lowest BCUT2D eigenvalue weighted by Gasteiger charge is -2.27. The third kappa shape index (κ3) is 2.53. The molecule has 0 spiro atoms. The summed E-state index contributed by atoms with van der Waals surface area (Å²) in [6.07, 6.45) is 2.28. The van der Waals surface area contributed by atoms with E-state index >= 15 is 0 Å². The van der Waals surface area contributed by atoms with Crippen LogP contribution in [0.2, 0.25) is 0 Å². The van der Waals surface area contributed by atoms with Gasteiger partial charge in [-0.25, -0.2) is 9.78 Å². The van der Waals surface area contributed by atoms with Crippen LogP contribution in [0.3, 0.4) is 0 Å². The summed E-state index contributed by atoms with van der Waals surface area (Å²) in [7, 11) is 3.51. The molecular weight excluding hydrogens is 284 g/mol. The third-order valence-electron chi connectivity index (χ3n) is 3.85. The molecule has 1 aromatic heterocycles. The molecule has 1 aromatic carbocycles. The summed E-state index contributed by atoms with van der Waals surface area (Å²) in [5.41, 5.74) is 4.15. The number of rotatable bonds is 2. The van der Waals surface area contributed by atoms with Gasteiger partial charge < -0.3 is 9.64 Å². The van der Waals surface area contributed by atoms with E-state index in [9.17, 15) is 4.79 Å². The summed E-state index contributed by atoms with van der Waals surface area (Å²) in [5, 5.41) is 0.879. The van der Waals surface area contributed by atoms with Crippen molar-refractivity contribution in [2.75, 3.05) is 25.6 Å². The van der Waals surface area contributed by atoms with Gasteiger partial charge in [0.2, 0.25) is 0 Å². The summed E-state index contributed by atoms with van der Waals surface area (Å²) in [6, 6.07) is 6.43. The standard InChI is InChI=1S/C16H18N2O2S/c1-10-14(16(19)20-3)17-15(21-10)12-6-7-13-11(9-12)5-4-8-18(13)2/h6-7,9H,4-5,8H2,1-3H3. The fraction of sp³-hybridized carbons (Fsp3) is 0.375. The van der Waals surface area contributed by atoms with Gasteiger partial charge in [-0.3, -0.25) is 0 Å². The van der Waals surface area contributed by atoms with Crippen molar-refractivity contribution in [1.29, 1.82) is 0 Å². The van der Waals surface area contributed by atoms with Gasteiger partial charge in [-0.2, -0.15) is 0 Å². The summed E-state index contributed by atoms with van der Waals surface area (Å²) in [5.74, 6) is -0.368. The molecule has 0 N–H and O–H groups in total. The van der Waals surface area contributed by atoms with Gasteiger partial charge >= 0.3 is 5.97 Å². The van der Waals surface area contributed by atoms with E-state index in [0.717, 1.165) is 28.4 Å². The van der Waals surface area contributed by atoms with E-state index in [0.29, 0.717) is 5.69 Å². The Labute approximate surface area is 128 Å². The first-order valence-electron chi connectivity index (χ1n) is 7.00. The lowest BCUT2D eigenvalue weighted by molar-refractivity contribution is 0.0594. The first-order valence-corrected chi connectivity index (χ1v) is 7.82. The van der Waals surface area contributed by atoms with E-state index in [1.807, 2.05) is 6.92 Å². The second-order valence-electron chi connectivity index (χ2n) is 5.28. The zero-order chi connectivity index (χ0) is 15.0. The van der Waals surface area contributed by atoms with Crippen LogP contribution < -0.4 is 4.90 Å². The number of aryl methyl sites for hydroxylation is 2. The molecule has 4 nitrogen and oxygen atoms in total. The van der Waals surface area contributed by atoms with Gasteiger partial charge in [0.1, 0.15) is 5.01 Å². The summed E-state index contributed by atoms with van der Waals surface area (Å²) in [6.45, 7) is 3.01. The van der Waals surface area contributed by atoms with Crippen LogP contribution in [0.25, 0.3) is 10.6 Å². The fourth-order valence-electron chi connectivity index (χ4n) is 2.72. The van der Waals surface area contributed by atoms with Crippen LogP contribution in [-0.4, -0.2) is 31.7 Å². The van der Waals surface area contributed by atoms with Crippen molar-refractivity contribution >= 4 is 23.0 Å².